The molecule has 1 N–H and O–H groups in total. The lowest BCUT2D eigenvalue weighted by Gasteiger charge is -2.24. The molecular formula is C23H22F3N3O. The topological polar surface area (TPSA) is 37.3 Å². The molecule has 0 unspecified atom stereocenters. The van der Waals surface area contributed by atoms with Gasteiger partial charge in [-0.3, -0.25) is 0 Å². The van der Waals surface area contributed by atoms with Crippen LogP contribution in [0.3, 0.4) is 0 Å². The summed E-state index contributed by atoms with van der Waals surface area (Å²) < 4.78 is 40.3. The highest BCUT2D eigenvalue weighted by molar-refractivity contribution is 5.89. The number of carbonyl (C=O) groups is 1. The monoisotopic (exact) mass is 413 g/mol. The van der Waals surface area contributed by atoms with Crippen LogP contribution in [0.4, 0.5) is 23.7 Å². The summed E-state index contributed by atoms with van der Waals surface area (Å²) in [4.78, 5) is 14.6. The lowest BCUT2D eigenvalue weighted by atomic mass is 10.2. The minimum atomic E-state index is -4.40. The number of urea groups is 1. The highest BCUT2D eigenvalue weighted by atomic mass is 19.4. The van der Waals surface area contributed by atoms with Gasteiger partial charge in [-0.25, -0.2) is 4.79 Å². The number of alkyl halides is 3. The van der Waals surface area contributed by atoms with Gasteiger partial charge < -0.3 is 14.8 Å². The smallest absolute Gasteiger partial charge is 0.345 e. The molecule has 1 saturated carbocycles. The fourth-order valence-corrected chi connectivity index (χ4v) is 3.39. The molecule has 7 heteroatoms. The van der Waals surface area contributed by atoms with E-state index in [1.165, 1.54) is 17.7 Å². The van der Waals surface area contributed by atoms with E-state index in [0.29, 0.717) is 18.8 Å². The largest absolute Gasteiger partial charge is 0.416 e. The number of nitrogens with one attached hydrogen (secondary N) is 1. The number of carbonyl (C=O) groups excluding carboxylic acids is 1. The number of hydrogen-bond acceptors (Lipinski definition) is 1. The zero-order chi connectivity index (χ0) is 21.1. The average Bonchev–Trinajstić information content (AvgIpc) is 3.47. The third kappa shape index (κ3) is 4.84. The molecule has 1 fully saturated rings. The average molecular weight is 413 g/mol. The summed E-state index contributed by atoms with van der Waals surface area (Å²) in [5.41, 5.74) is 1.78. The minimum absolute atomic E-state index is 0.152. The molecule has 0 spiro atoms. The molecule has 1 aliphatic carbocycles. The second-order valence-corrected chi connectivity index (χ2v) is 7.48. The first-order valence-corrected chi connectivity index (χ1v) is 9.83. The Balaban J connectivity index is 1.45. The van der Waals surface area contributed by atoms with E-state index in [-0.39, 0.29) is 12.1 Å². The molecule has 0 atom stereocenters. The fraction of sp³-hybridized carbons (Fsp3) is 0.261. The van der Waals surface area contributed by atoms with Gasteiger partial charge in [-0.1, -0.05) is 30.3 Å². The van der Waals surface area contributed by atoms with Gasteiger partial charge >= 0.3 is 12.2 Å². The van der Waals surface area contributed by atoms with E-state index >= 15 is 0 Å². The summed E-state index contributed by atoms with van der Waals surface area (Å²) in [7, 11) is 0. The molecule has 4 rings (SSSR count). The molecule has 1 heterocycles. The summed E-state index contributed by atoms with van der Waals surface area (Å²) in [6, 6.07) is 18.4. The zero-order valence-electron chi connectivity index (χ0n) is 16.3. The molecule has 4 nitrogen and oxygen atoms in total. The summed E-state index contributed by atoms with van der Waals surface area (Å²) in [5, 5.41) is 2.73. The first-order valence-electron chi connectivity index (χ1n) is 9.83. The molecule has 2 aromatic carbocycles. The van der Waals surface area contributed by atoms with Crippen molar-refractivity contribution in [2.75, 3.05) is 5.32 Å². The maximum Gasteiger partial charge on any atom is 0.416 e. The van der Waals surface area contributed by atoms with Crippen molar-refractivity contribution in [3.63, 3.8) is 0 Å². The van der Waals surface area contributed by atoms with Crippen LogP contribution < -0.4 is 5.32 Å². The molecule has 156 valence electrons. The number of amides is 2. The molecule has 3 aromatic rings. The van der Waals surface area contributed by atoms with Crippen LogP contribution in [0.2, 0.25) is 0 Å². The standard InChI is InChI=1S/C23H22F3N3O/c24-23(25,26)18-8-10-19(11-9-18)27-22(30)29(20-12-13-20)16-21-7-4-14-28(21)15-17-5-2-1-3-6-17/h1-11,14,20H,12-13,15-16H2,(H,27,30). The van der Waals surface area contributed by atoms with Crippen molar-refractivity contribution in [3.05, 3.63) is 89.7 Å². The lowest BCUT2D eigenvalue weighted by Crippen LogP contribution is -2.36. The second-order valence-electron chi connectivity index (χ2n) is 7.48. The number of halogens is 3. The highest BCUT2D eigenvalue weighted by Gasteiger charge is 2.33. The minimum Gasteiger partial charge on any atom is -0.345 e. The van der Waals surface area contributed by atoms with Crippen LogP contribution in [0.15, 0.2) is 72.9 Å². The number of benzene rings is 2. The van der Waals surface area contributed by atoms with Crippen molar-refractivity contribution in [1.82, 2.24) is 9.47 Å². The van der Waals surface area contributed by atoms with Crippen molar-refractivity contribution in [1.29, 1.82) is 0 Å². The van der Waals surface area contributed by atoms with E-state index < -0.39 is 11.7 Å². The molecule has 1 aliphatic rings. The Morgan fingerprint density at radius 3 is 2.33 bits per heavy atom. The van der Waals surface area contributed by atoms with Gasteiger partial charge in [0.2, 0.25) is 0 Å². The normalized spacial score (nSPS) is 13.8. The molecule has 0 aliphatic heterocycles. The number of nitrogens with zero attached hydrogens (tertiary/aromatic N) is 2. The predicted molar refractivity (Wildman–Crippen MR) is 109 cm³/mol. The van der Waals surface area contributed by atoms with Crippen molar-refractivity contribution in [2.24, 2.45) is 0 Å². The Bertz CT molecular complexity index is 993. The second kappa shape index (κ2) is 8.26. The number of rotatable bonds is 6. The Morgan fingerprint density at radius 1 is 1.00 bits per heavy atom. The maximum absolute atomic E-state index is 12.9. The third-order valence-corrected chi connectivity index (χ3v) is 5.16. The van der Waals surface area contributed by atoms with E-state index in [1.807, 2.05) is 36.5 Å². The summed E-state index contributed by atoms with van der Waals surface area (Å²) in [6.45, 7) is 1.15. The van der Waals surface area contributed by atoms with Crippen LogP contribution in [-0.4, -0.2) is 21.5 Å². The van der Waals surface area contributed by atoms with Gasteiger partial charge in [0.25, 0.3) is 0 Å². The molecule has 2 amide bonds. The SMILES string of the molecule is O=C(Nc1ccc(C(F)(F)F)cc1)N(Cc1cccn1Cc1ccccc1)C1CC1. The third-order valence-electron chi connectivity index (χ3n) is 5.16. The molecule has 30 heavy (non-hydrogen) atoms. The Morgan fingerprint density at radius 2 is 1.70 bits per heavy atom. The van der Waals surface area contributed by atoms with Gasteiger partial charge in [0.15, 0.2) is 0 Å². The van der Waals surface area contributed by atoms with Gasteiger partial charge in [0.05, 0.1) is 12.1 Å². The Kier molecular flexibility index (Phi) is 5.53. The van der Waals surface area contributed by atoms with Crippen LogP contribution >= 0.6 is 0 Å². The molecular weight excluding hydrogens is 391 g/mol. The van der Waals surface area contributed by atoms with Gasteiger partial charge in [-0.15, -0.1) is 0 Å². The van der Waals surface area contributed by atoms with Crippen LogP contribution in [0, 0.1) is 0 Å². The van der Waals surface area contributed by atoms with Crippen molar-refractivity contribution in [2.45, 2.75) is 38.1 Å². The van der Waals surface area contributed by atoms with E-state index in [1.54, 1.807) is 4.90 Å². The summed E-state index contributed by atoms with van der Waals surface area (Å²) in [5.74, 6) is 0. The Labute approximate surface area is 172 Å². The van der Waals surface area contributed by atoms with Crippen LogP contribution in [0.1, 0.15) is 29.7 Å². The van der Waals surface area contributed by atoms with Crippen LogP contribution in [0.25, 0.3) is 0 Å². The van der Waals surface area contributed by atoms with Gasteiger partial charge in [-0.2, -0.15) is 13.2 Å². The van der Waals surface area contributed by atoms with E-state index in [9.17, 15) is 18.0 Å². The molecule has 0 saturated heterocycles. The van der Waals surface area contributed by atoms with E-state index in [0.717, 1.165) is 30.7 Å². The van der Waals surface area contributed by atoms with Gasteiger partial charge in [0.1, 0.15) is 0 Å². The summed E-state index contributed by atoms with van der Waals surface area (Å²) in [6.07, 6.45) is -0.548. The maximum atomic E-state index is 12.9. The molecule has 0 bridgehead atoms. The first kappa shape index (κ1) is 20.1. The van der Waals surface area contributed by atoms with E-state index in [4.69, 9.17) is 0 Å². The predicted octanol–water partition coefficient (Wildman–Crippen LogP) is 5.75. The van der Waals surface area contributed by atoms with Gasteiger partial charge in [-0.05, 0) is 54.8 Å². The molecule has 1 aromatic heterocycles. The van der Waals surface area contributed by atoms with Crippen molar-refractivity contribution < 1.29 is 18.0 Å². The van der Waals surface area contributed by atoms with Crippen molar-refractivity contribution >= 4 is 11.7 Å². The first-order chi connectivity index (χ1) is 14.4. The van der Waals surface area contributed by atoms with E-state index in [2.05, 4.69) is 22.0 Å². The lowest BCUT2D eigenvalue weighted by molar-refractivity contribution is -0.137. The van der Waals surface area contributed by atoms with Gasteiger partial charge in [0, 0.05) is 30.2 Å². The number of aromatic nitrogens is 1. The zero-order valence-corrected chi connectivity index (χ0v) is 16.3. The van der Waals surface area contributed by atoms with Crippen LogP contribution in [-0.2, 0) is 19.3 Å². The highest BCUT2D eigenvalue weighted by Crippen LogP contribution is 2.31. The quantitative estimate of drug-likeness (QED) is 0.549. The number of anilines is 1. The van der Waals surface area contributed by atoms with Crippen molar-refractivity contribution in [3.8, 4) is 0 Å². The summed E-state index contributed by atoms with van der Waals surface area (Å²) >= 11 is 0. The Hall–Kier alpha value is -3.22. The fourth-order valence-electron chi connectivity index (χ4n) is 3.39. The van der Waals surface area contributed by atoms with Crippen LogP contribution in [0.5, 0.6) is 0 Å². The number of hydrogen-bond donors (Lipinski definition) is 1. The molecule has 0 radical (unpaired) electrons.